The molecule has 0 aromatic carbocycles. The molecule has 0 amide bonds. The van der Waals surface area contributed by atoms with E-state index in [0.717, 1.165) is 34.2 Å². The zero-order valence-corrected chi connectivity index (χ0v) is 16.6. The molecule has 4 aromatic heterocycles. The lowest BCUT2D eigenvalue weighted by Gasteiger charge is -2.01. The normalized spacial score (nSPS) is 12.8. The lowest BCUT2D eigenvalue weighted by Crippen LogP contribution is -1.85. The minimum atomic E-state index is 0.773. The van der Waals surface area contributed by atoms with E-state index in [2.05, 4.69) is 61.2 Å². The molecule has 29 heavy (non-hydrogen) atoms. The Balaban J connectivity index is 0.000000171. The van der Waals surface area contributed by atoms with E-state index in [1.165, 1.54) is 18.5 Å². The van der Waals surface area contributed by atoms with Crippen LogP contribution in [0.25, 0.3) is 16.8 Å². The Hall–Kier alpha value is -3.61. The zero-order chi connectivity index (χ0) is 20.1. The predicted octanol–water partition coefficient (Wildman–Crippen LogP) is 4.49. The first kappa shape index (κ1) is 18.7. The Morgan fingerprint density at radius 3 is 2.72 bits per heavy atom. The van der Waals surface area contributed by atoms with Crippen molar-refractivity contribution in [2.75, 3.05) is 12.4 Å². The van der Waals surface area contributed by atoms with Crippen LogP contribution in [0.2, 0.25) is 0 Å². The topological polar surface area (TPSA) is 86.7 Å². The maximum atomic E-state index is 4.25. The Kier molecular flexibility index (Phi) is 5.56. The molecule has 1 aliphatic carbocycles. The molecule has 0 spiro atoms. The van der Waals surface area contributed by atoms with E-state index in [0.29, 0.717) is 0 Å². The summed E-state index contributed by atoms with van der Waals surface area (Å²) in [6.07, 6.45) is 10.2. The monoisotopic (exact) mass is 387 g/mol. The molecule has 148 valence electrons. The molecular formula is C22H25N7. The fourth-order valence-electron chi connectivity index (χ4n) is 3.04. The molecule has 3 N–H and O–H groups in total. The van der Waals surface area contributed by atoms with Crippen LogP contribution in [0.4, 0.5) is 5.82 Å². The molecule has 7 heteroatoms. The number of anilines is 1. The van der Waals surface area contributed by atoms with Crippen LogP contribution in [0.3, 0.4) is 0 Å². The maximum Gasteiger partial charge on any atom is 0.147 e. The van der Waals surface area contributed by atoms with Gasteiger partial charge < -0.3 is 9.72 Å². The van der Waals surface area contributed by atoms with E-state index < -0.39 is 0 Å². The van der Waals surface area contributed by atoms with Gasteiger partial charge in [0.25, 0.3) is 0 Å². The Morgan fingerprint density at radius 1 is 1.03 bits per heavy atom. The Labute approximate surface area is 169 Å². The molecule has 7 nitrogen and oxygen atoms in total. The molecular weight excluding hydrogens is 362 g/mol. The van der Waals surface area contributed by atoms with Crippen molar-refractivity contribution in [3.05, 3.63) is 78.6 Å². The van der Waals surface area contributed by atoms with E-state index in [9.17, 15) is 0 Å². The summed E-state index contributed by atoms with van der Waals surface area (Å²) in [4.78, 5) is 4.25. The summed E-state index contributed by atoms with van der Waals surface area (Å²) < 4.78 is 2.01. The van der Waals surface area contributed by atoms with Crippen LogP contribution in [-0.4, -0.2) is 36.8 Å². The molecule has 4 heterocycles. The van der Waals surface area contributed by atoms with Crippen LogP contribution in [0.15, 0.2) is 67.3 Å². The number of hydrogen-bond acceptors (Lipinski definition) is 4. The van der Waals surface area contributed by atoms with Crippen LogP contribution in [0.5, 0.6) is 0 Å². The van der Waals surface area contributed by atoms with E-state index >= 15 is 0 Å². The first-order valence-corrected chi connectivity index (χ1v) is 9.73. The smallest absolute Gasteiger partial charge is 0.147 e. The summed E-state index contributed by atoms with van der Waals surface area (Å²) >= 11 is 0. The van der Waals surface area contributed by atoms with Gasteiger partial charge in [-0.3, -0.25) is 10.2 Å². The average Bonchev–Trinajstić information content (AvgIpc) is 3.27. The van der Waals surface area contributed by atoms with Crippen molar-refractivity contribution in [3.63, 3.8) is 0 Å². The Morgan fingerprint density at radius 2 is 1.93 bits per heavy atom. The number of pyridine rings is 1. The number of aromatic amines is 2. The number of nitrogens with zero attached hydrogens (tertiary/aromatic N) is 4. The minimum Gasteiger partial charge on any atom is -0.372 e. The summed E-state index contributed by atoms with van der Waals surface area (Å²) in [5.74, 6) is 1.72. The maximum absolute atomic E-state index is 4.25. The highest BCUT2D eigenvalue weighted by atomic mass is 15.2. The number of imidazole rings is 1. The number of aromatic nitrogens is 6. The van der Waals surface area contributed by atoms with E-state index in [1.54, 1.807) is 12.4 Å². The molecule has 0 unspecified atom stereocenters. The molecule has 0 atom stereocenters. The standard InChI is InChI=1S/C15H14N4.C7H11N3/c1-12-10-13(4-2-3-7-17-18-12)14-5-6-15-16-8-9-19(15)11-14;1-8-7-4-6(9-10-7)5-2-3-5/h2-11,18H,1H3;4-5H,2-3H2,1H3,(H2,8,9,10). The van der Waals surface area contributed by atoms with Crippen molar-refractivity contribution < 1.29 is 0 Å². The third-order valence-electron chi connectivity index (χ3n) is 4.75. The highest BCUT2D eigenvalue weighted by molar-refractivity contribution is 5.64. The zero-order valence-electron chi connectivity index (χ0n) is 16.6. The van der Waals surface area contributed by atoms with Crippen molar-refractivity contribution in [1.29, 1.82) is 0 Å². The van der Waals surface area contributed by atoms with E-state index in [4.69, 9.17) is 0 Å². The van der Waals surface area contributed by atoms with Crippen molar-refractivity contribution in [2.45, 2.75) is 25.7 Å². The van der Waals surface area contributed by atoms with Gasteiger partial charge in [0.1, 0.15) is 11.5 Å². The van der Waals surface area contributed by atoms with Crippen molar-refractivity contribution >= 4 is 11.5 Å². The molecule has 0 aliphatic heterocycles. The predicted molar refractivity (Wildman–Crippen MR) is 115 cm³/mol. The summed E-state index contributed by atoms with van der Waals surface area (Å²) in [5, 5.41) is 17.1. The number of aryl methyl sites for hydroxylation is 1. The minimum absolute atomic E-state index is 0.773. The van der Waals surface area contributed by atoms with Crippen molar-refractivity contribution in [3.8, 4) is 11.1 Å². The quantitative estimate of drug-likeness (QED) is 0.483. The largest absolute Gasteiger partial charge is 0.372 e. The van der Waals surface area contributed by atoms with Gasteiger partial charge in [-0.1, -0.05) is 12.1 Å². The van der Waals surface area contributed by atoms with Gasteiger partial charge in [-0.05, 0) is 55.2 Å². The highest BCUT2D eigenvalue weighted by Crippen LogP contribution is 2.39. The first-order chi connectivity index (χ1) is 14.2. The highest BCUT2D eigenvalue weighted by Gasteiger charge is 2.25. The molecule has 0 radical (unpaired) electrons. The van der Waals surface area contributed by atoms with Crippen LogP contribution in [0, 0.1) is 6.92 Å². The van der Waals surface area contributed by atoms with Gasteiger partial charge in [0.15, 0.2) is 0 Å². The van der Waals surface area contributed by atoms with E-state index in [1.807, 2.05) is 42.8 Å². The number of H-pyrrole nitrogens is 2. The van der Waals surface area contributed by atoms with E-state index in [-0.39, 0.29) is 0 Å². The summed E-state index contributed by atoms with van der Waals surface area (Å²) in [6.45, 7) is 1.99. The third kappa shape index (κ3) is 4.82. The van der Waals surface area contributed by atoms with Gasteiger partial charge in [-0.2, -0.15) is 10.2 Å². The number of hydrogen-bond donors (Lipinski definition) is 3. The van der Waals surface area contributed by atoms with Crippen LogP contribution >= 0.6 is 0 Å². The molecule has 0 bridgehead atoms. The number of fused-ring (bicyclic) bond motifs is 1. The lowest BCUT2D eigenvalue weighted by molar-refractivity contribution is 0.966. The van der Waals surface area contributed by atoms with Crippen LogP contribution < -0.4 is 5.32 Å². The SMILES string of the molecule is CNc1cc(C2CC2)[nH]n1.Cc1cc(-c2ccc3nccn3c2)ccccn[nH]1. The van der Waals surface area contributed by atoms with Crippen LogP contribution in [-0.2, 0) is 0 Å². The summed E-state index contributed by atoms with van der Waals surface area (Å²) in [6, 6.07) is 14.2. The second-order valence-electron chi connectivity index (χ2n) is 7.07. The molecule has 1 saturated carbocycles. The fourth-order valence-corrected chi connectivity index (χ4v) is 3.04. The van der Waals surface area contributed by atoms with Gasteiger partial charge in [-0.15, -0.1) is 0 Å². The third-order valence-corrected chi connectivity index (χ3v) is 4.75. The van der Waals surface area contributed by atoms with Gasteiger partial charge in [0.05, 0.1) is 0 Å². The fraction of sp³-hybridized carbons (Fsp3) is 0.227. The van der Waals surface area contributed by atoms with Crippen molar-refractivity contribution in [1.82, 2.24) is 29.8 Å². The molecule has 1 aliphatic rings. The molecule has 1 fully saturated rings. The number of nitrogens with one attached hydrogen (secondary N) is 3. The molecule has 4 aromatic rings. The summed E-state index contributed by atoms with van der Waals surface area (Å²) in [5.41, 5.74) is 5.49. The second kappa shape index (κ2) is 8.60. The molecule has 0 saturated heterocycles. The average molecular weight is 387 g/mol. The lowest BCUT2D eigenvalue weighted by atomic mass is 10.1. The number of rotatable bonds is 3. The Bertz CT molecular complexity index is 1130. The van der Waals surface area contributed by atoms with Crippen molar-refractivity contribution in [2.24, 2.45) is 0 Å². The van der Waals surface area contributed by atoms with Gasteiger partial charge in [0.2, 0.25) is 0 Å². The molecule has 5 rings (SSSR count). The summed E-state index contributed by atoms with van der Waals surface area (Å²) in [7, 11) is 1.88. The van der Waals surface area contributed by atoms with Gasteiger partial charge >= 0.3 is 0 Å². The first-order valence-electron chi connectivity index (χ1n) is 9.73. The van der Waals surface area contributed by atoms with Gasteiger partial charge in [0, 0.05) is 55.2 Å². The van der Waals surface area contributed by atoms with Gasteiger partial charge in [-0.25, -0.2) is 4.98 Å². The second-order valence-corrected chi connectivity index (χ2v) is 7.07. The van der Waals surface area contributed by atoms with Crippen LogP contribution in [0.1, 0.15) is 30.1 Å².